The predicted octanol–water partition coefficient (Wildman–Crippen LogP) is 1.02. The molecule has 1 fully saturated rings. The summed E-state index contributed by atoms with van der Waals surface area (Å²) in [4.78, 5) is 12.6. The molecule has 1 aliphatic heterocycles. The van der Waals surface area contributed by atoms with Gasteiger partial charge in [-0.15, -0.1) is 0 Å². The fraction of sp³-hybridized carbons (Fsp3) is 0.500. The number of carbonyl (C=O) groups excluding carboxylic acids is 1. The Kier molecular flexibility index (Phi) is 7.03. The molecule has 1 aliphatic rings. The van der Waals surface area contributed by atoms with Crippen molar-refractivity contribution in [3.8, 4) is 17.2 Å². The van der Waals surface area contributed by atoms with Crippen molar-refractivity contribution in [1.29, 1.82) is 0 Å². The van der Waals surface area contributed by atoms with Gasteiger partial charge >= 0.3 is 0 Å². The number of hydrogen-bond acceptors (Lipinski definition) is 9. The largest absolute Gasteiger partial charge is 0.506 e. The smallest absolute Gasteiger partial charge is 0.229 e. The number of aliphatic hydroxyl groups excluding tert-OH is 4. The zero-order chi connectivity index (χ0) is 22.9. The van der Waals surface area contributed by atoms with Crippen LogP contribution in [0.25, 0.3) is 10.8 Å². The first kappa shape index (κ1) is 23.2. The van der Waals surface area contributed by atoms with E-state index < -0.39 is 37.3 Å². The maximum atomic E-state index is 12.6. The van der Waals surface area contributed by atoms with Gasteiger partial charge in [-0.05, 0) is 30.4 Å². The van der Waals surface area contributed by atoms with Crippen LogP contribution < -0.4 is 9.47 Å². The van der Waals surface area contributed by atoms with Gasteiger partial charge in [0.1, 0.15) is 41.7 Å². The summed E-state index contributed by atoms with van der Waals surface area (Å²) < 4.78 is 16.5. The number of benzene rings is 2. The number of phenols is 1. The van der Waals surface area contributed by atoms with Crippen LogP contribution in [0.3, 0.4) is 0 Å². The molecule has 3 rings (SSSR count). The van der Waals surface area contributed by atoms with Crippen molar-refractivity contribution < 1.29 is 44.5 Å². The van der Waals surface area contributed by atoms with Crippen LogP contribution in [0.15, 0.2) is 18.2 Å². The number of carbonyl (C=O) groups is 1. The summed E-state index contributed by atoms with van der Waals surface area (Å²) in [5, 5.41) is 51.4. The van der Waals surface area contributed by atoms with Crippen molar-refractivity contribution in [3.05, 3.63) is 29.3 Å². The van der Waals surface area contributed by atoms with Gasteiger partial charge in [0.2, 0.25) is 6.29 Å². The molecule has 0 amide bonds. The summed E-state index contributed by atoms with van der Waals surface area (Å²) in [5.74, 6) is -0.0510. The summed E-state index contributed by atoms with van der Waals surface area (Å²) in [6, 6.07) is 4.84. The average Bonchev–Trinajstić information content (AvgIpc) is 2.73. The fourth-order valence-corrected chi connectivity index (χ4v) is 3.80. The van der Waals surface area contributed by atoms with E-state index in [0.717, 1.165) is 0 Å². The van der Waals surface area contributed by atoms with Crippen LogP contribution in [0.4, 0.5) is 0 Å². The minimum Gasteiger partial charge on any atom is -0.506 e. The number of methoxy groups -OCH3 is 1. The van der Waals surface area contributed by atoms with Crippen LogP contribution in [0.2, 0.25) is 0 Å². The molecule has 2 aromatic carbocycles. The van der Waals surface area contributed by atoms with E-state index in [-0.39, 0.29) is 34.7 Å². The molecule has 1 heterocycles. The summed E-state index contributed by atoms with van der Waals surface area (Å²) in [5.41, 5.74) is 0.772. The second-order valence-electron chi connectivity index (χ2n) is 7.63. The molecule has 5 unspecified atom stereocenters. The average molecular weight is 436 g/mol. The van der Waals surface area contributed by atoms with Crippen LogP contribution in [-0.2, 0) is 4.74 Å². The second-order valence-corrected chi connectivity index (χ2v) is 7.63. The van der Waals surface area contributed by atoms with Gasteiger partial charge < -0.3 is 39.7 Å². The SMILES string of the molecule is CCCC(=O)c1c(C)cc2cc(OC)cc(OC3OC(CO)C(O)C(O)C3O)c2c1O. The third kappa shape index (κ3) is 4.32. The van der Waals surface area contributed by atoms with Crippen LogP contribution in [0, 0.1) is 6.92 Å². The van der Waals surface area contributed by atoms with Crippen molar-refractivity contribution >= 4 is 16.6 Å². The number of Topliss-reactive ketones (excluding diaryl/α,β-unsaturated/α-hetero) is 1. The zero-order valence-electron chi connectivity index (χ0n) is 17.6. The summed E-state index contributed by atoms with van der Waals surface area (Å²) in [7, 11) is 1.45. The van der Waals surface area contributed by atoms with Gasteiger partial charge in [0.15, 0.2) is 5.78 Å². The van der Waals surface area contributed by atoms with Gasteiger partial charge in [-0.3, -0.25) is 4.79 Å². The van der Waals surface area contributed by atoms with E-state index in [1.54, 1.807) is 19.1 Å². The third-order valence-corrected chi connectivity index (χ3v) is 5.43. The van der Waals surface area contributed by atoms with E-state index >= 15 is 0 Å². The van der Waals surface area contributed by atoms with E-state index in [2.05, 4.69) is 0 Å². The Bertz CT molecular complexity index is 956. The number of aromatic hydroxyl groups is 1. The number of ketones is 1. The lowest BCUT2D eigenvalue weighted by molar-refractivity contribution is -0.277. The molecule has 0 aliphatic carbocycles. The lowest BCUT2D eigenvalue weighted by Gasteiger charge is -2.39. The number of ether oxygens (including phenoxy) is 3. The van der Waals surface area contributed by atoms with Crippen LogP contribution >= 0.6 is 0 Å². The molecule has 9 nitrogen and oxygen atoms in total. The summed E-state index contributed by atoms with van der Waals surface area (Å²) in [6.07, 6.45) is -6.51. The number of rotatable bonds is 7. The molecule has 5 N–H and O–H groups in total. The van der Waals surface area contributed by atoms with Crippen LogP contribution in [0.5, 0.6) is 17.2 Å². The summed E-state index contributed by atoms with van der Waals surface area (Å²) in [6.45, 7) is 2.98. The third-order valence-electron chi connectivity index (χ3n) is 5.43. The molecule has 5 atom stereocenters. The Morgan fingerprint density at radius 2 is 1.84 bits per heavy atom. The highest BCUT2D eigenvalue weighted by molar-refractivity contribution is 6.08. The lowest BCUT2D eigenvalue weighted by atomic mass is 9.95. The van der Waals surface area contributed by atoms with Crippen molar-refractivity contribution in [2.75, 3.05) is 13.7 Å². The highest BCUT2D eigenvalue weighted by Gasteiger charge is 2.45. The maximum Gasteiger partial charge on any atom is 0.229 e. The molecule has 0 radical (unpaired) electrons. The van der Waals surface area contributed by atoms with Crippen molar-refractivity contribution in [3.63, 3.8) is 0 Å². The Morgan fingerprint density at radius 3 is 2.45 bits per heavy atom. The van der Waals surface area contributed by atoms with Crippen molar-refractivity contribution in [2.45, 2.75) is 57.4 Å². The molecule has 31 heavy (non-hydrogen) atoms. The minimum atomic E-state index is -1.63. The monoisotopic (exact) mass is 436 g/mol. The number of hydrogen-bond donors (Lipinski definition) is 5. The first-order chi connectivity index (χ1) is 14.7. The highest BCUT2D eigenvalue weighted by Crippen LogP contribution is 2.42. The van der Waals surface area contributed by atoms with Crippen LogP contribution in [-0.4, -0.2) is 75.7 Å². The van der Waals surface area contributed by atoms with E-state index in [1.165, 1.54) is 13.2 Å². The van der Waals surface area contributed by atoms with Crippen molar-refractivity contribution in [1.82, 2.24) is 0 Å². The topological polar surface area (TPSA) is 146 Å². The maximum absolute atomic E-state index is 12.6. The van der Waals surface area contributed by atoms with E-state index in [1.807, 2.05) is 6.92 Å². The standard InChI is InChI=1S/C22H28O9/c1-4-5-13(24)16-10(2)6-11-7-12(29-3)8-14(17(11)19(16)26)30-22-21(28)20(27)18(25)15(9-23)31-22/h6-8,15,18,20-23,25-28H,4-5,9H2,1-3H3. The van der Waals surface area contributed by atoms with Crippen molar-refractivity contribution in [2.24, 2.45) is 0 Å². The molecule has 0 saturated carbocycles. The van der Waals surface area contributed by atoms with Gasteiger partial charge in [0.25, 0.3) is 0 Å². The molecule has 0 spiro atoms. The lowest BCUT2D eigenvalue weighted by Crippen LogP contribution is -2.60. The summed E-state index contributed by atoms with van der Waals surface area (Å²) >= 11 is 0. The van der Waals surface area contributed by atoms with Gasteiger partial charge in [-0.2, -0.15) is 0 Å². The first-order valence-corrected chi connectivity index (χ1v) is 10.1. The van der Waals surface area contributed by atoms with Gasteiger partial charge in [-0.25, -0.2) is 0 Å². The predicted molar refractivity (Wildman–Crippen MR) is 111 cm³/mol. The Hall–Kier alpha value is -2.43. The second kappa shape index (κ2) is 9.37. The molecular formula is C22H28O9. The van der Waals surface area contributed by atoms with Gasteiger partial charge in [-0.1, -0.05) is 13.0 Å². The zero-order valence-corrected chi connectivity index (χ0v) is 17.6. The van der Waals surface area contributed by atoms with E-state index in [0.29, 0.717) is 23.1 Å². The van der Waals surface area contributed by atoms with Crippen LogP contribution in [0.1, 0.15) is 35.7 Å². The van der Waals surface area contributed by atoms with E-state index in [9.17, 15) is 30.3 Å². The quantitative estimate of drug-likeness (QED) is 0.402. The number of aliphatic hydroxyl groups is 4. The molecule has 1 saturated heterocycles. The molecular weight excluding hydrogens is 408 g/mol. The normalized spacial score (nSPS) is 26.1. The minimum absolute atomic E-state index is 0.0433. The number of phenolic OH excluding ortho intramolecular Hbond substituents is 1. The number of aryl methyl sites for hydroxylation is 1. The Morgan fingerprint density at radius 1 is 1.13 bits per heavy atom. The molecule has 170 valence electrons. The first-order valence-electron chi connectivity index (χ1n) is 10.1. The molecule has 0 bridgehead atoms. The van der Waals surface area contributed by atoms with Gasteiger partial charge in [0.05, 0.1) is 24.7 Å². The fourth-order valence-electron chi connectivity index (χ4n) is 3.80. The Balaban J connectivity index is 2.12. The molecule has 9 heteroatoms. The Labute approximate surface area is 179 Å². The molecule has 0 aromatic heterocycles. The number of fused-ring (bicyclic) bond motifs is 1. The highest BCUT2D eigenvalue weighted by atomic mass is 16.7. The molecule has 2 aromatic rings. The van der Waals surface area contributed by atoms with E-state index in [4.69, 9.17) is 14.2 Å². The van der Waals surface area contributed by atoms with Gasteiger partial charge in [0, 0.05) is 12.5 Å².